The van der Waals surface area contributed by atoms with Gasteiger partial charge in [-0.3, -0.25) is 4.68 Å². The minimum absolute atomic E-state index is 0.133. The van der Waals surface area contributed by atoms with E-state index in [2.05, 4.69) is 15.2 Å². The number of hydrogen-bond acceptors (Lipinski definition) is 6. The van der Waals surface area contributed by atoms with E-state index in [1.807, 2.05) is 7.05 Å². The molecule has 1 atom stereocenters. The van der Waals surface area contributed by atoms with Crippen LogP contribution in [0.15, 0.2) is 16.8 Å². The van der Waals surface area contributed by atoms with E-state index in [9.17, 15) is 5.11 Å². The number of aryl methyl sites for hydroxylation is 1. The standard InChI is InChI=1S/C10H15N5O2/c1-10(16,6-11)5-8-12-9(14-17-8)7-3-4-15(2)13-7/h3-4,16H,5-6,11H2,1-2H3. The van der Waals surface area contributed by atoms with Gasteiger partial charge in [-0.1, -0.05) is 5.16 Å². The van der Waals surface area contributed by atoms with E-state index in [-0.39, 0.29) is 13.0 Å². The number of hydrogen-bond donors (Lipinski definition) is 2. The van der Waals surface area contributed by atoms with Crippen LogP contribution in [-0.4, -0.2) is 37.2 Å². The van der Waals surface area contributed by atoms with Crippen molar-refractivity contribution >= 4 is 0 Å². The van der Waals surface area contributed by atoms with Crippen molar-refractivity contribution in [3.05, 3.63) is 18.2 Å². The van der Waals surface area contributed by atoms with E-state index in [1.165, 1.54) is 0 Å². The summed E-state index contributed by atoms with van der Waals surface area (Å²) >= 11 is 0. The fourth-order valence-electron chi connectivity index (χ4n) is 1.36. The molecule has 0 aliphatic carbocycles. The predicted octanol–water partition coefficient (Wildman–Crippen LogP) is -0.278. The highest BCUT2D eigenvalue weighted by Crippen LogP contribution is 2.15. The van der Waals surface area contributed by atoms with Crippen molar-refractivity contribution < 1.29 is 9.63 Å². The number of nitrogens with zero attached hydrogens (tertiary/aromatic N) is 4. The summed E-state index contributed by atoms with van der Waals surface area (Å²) in [5, 5.41) is 17.7. The zero-order valence-corrected chi connectivity index (χ0v) is 9.79. The summed E-state index contributed by atoms with van der Waals surface area (Å²) in [5.74, 6) is 0.759. The van der Waals surface area contributed by atoms with Crippen LogP contribution in [0.5, 0.6) is 0 Å². The lowest BCUT2D eigenvalue weighted by molar-refractivity contribution is 0.0610. The molecule has 0 saturated heterocycles. The van der Waals surface area contributed by atoms with Crippen LogP contribution in [0.2, 0.25) is 0 Å². The average molecular weight is 237 g/mol. The molecule has 2 rings (SSSR count). The first-order valence-corrected chi connectivity index (χ1v) is 5.25. The molecule has 7 heteroatoms. The Bertz CT molecular complexity index is 502. The van der Waals surface area contributed by atoms with Gasteiger partial charge in [0.05, 0.1) is 12.0 Å². The van der Waals surface area contributed by atoms with E-state index in [0.29, 0.717) is 17.4 Å². The molecule has 0 aromatic carbocycles. The Labute approximate surface area is 98.2 Å². The normalized spacial score (nSPS) is 14.8. The molecule has 7 nitrogen and oxygen atoms in total. The maximum atomic E-state index is 9.79. The Kier molecular flexibility index (Phi) is 2.95. The number of aliphatic hydroxyl groups is 1. The fourth-order valence-corrected chi connectivity index (χ4v) is 1.36. The molecular weight excluding hydrogens is 222 g/mol. The molecule has 0 fully saturated rings. The van der Waals surface area contributed by atoms with E-state index < -0.39 is 5.60 Å². The molecule has 92 valence electrons. The van der Waals surface area contributed by atoms with Crippen molar-refractivity contribution in [2.24, 2.45) is 12.8 Å². The average Bonchev–Trinajstić information content (AvgIpc) is 2.86. The third-order valence-electron chi connectivity index (χ3n) is 2.38. The van der Waals surface area contributed by atoms with Crippen LogP contribution in [0.3, 0.4) is 0 Å². The summed E-state index contributed by atoms with van der Waals surface area (Å²) in [7, 11) is 1.81. The van der Waals surface area contributed by atoms with Crippen molar-refractivity contribution in [2.75, 3.05) is 6.54 Å². The lowest BCUT2D eigenvalue weighted by Crippen LogP contribution is -2.36. The summed E-state index contributed by atoms with van der Waals surface area (Å²) < 4.78 is 6.69. The van der Waals surface area contributed by atoms with Crippen molar-refractivity contribution in [1.29, 1.82) is 0 Å². The predicted molar refractivity (Wildman–Crippen MR) is 59.9 cm³/mol. The molecular formula is C10H15N5O2. The Morgan fingerprint density at radius 2 is 2.35 bits per heavy atom. The van der Waals surface area contributed by atoms with E-state index in [4.69, 9.17) is 10.3 Å². The Hall–Kier alpha value is -1.73. The smallest absolute Gasteiger partial charge is 0.229 e. The summed E-state index contributed by atoms with van der Waals surface area (Å²) in [6, 6.07) is 1.79. The second-order valence-electron chi connectivity index (χ2n) is 4.26. The summed E-state index contributed by atoms with van der Waals surface area (Å²) in [4.78, 5) is 4.16. The highest BCUT2D eigenvalue weighted by Gasteiger charge is 2.23. The number of nitrogens with two attached hydrogens (primary N) is 1. The van der Waals surface area contributed by atoms with Crippen molar-refractivity contribution in [1.82, 2.24) is 19.9 Å². The molecule has 3 N–H and O–H groups in total. The third kappa shape index (κ3) is 2.69. The maximum Gasteiger partial charge on any atom is 0.229 e. The topological polar surface area (TPSA) is 103 Å². The van der Waals surface area contributed by atoms with Gasteiger partial charge in [0.2, 0.25) is 11.7 Å². The van der Waals surface area contributed by atoms with Gasteiger partial charge < -0.3 is 15.4 Å². The van der Waals surface area contributed by atoms with Crippen LogP contribution in [-0.2, 0) is 13.5 Å². The molecule has 0 aliphatic rings. The molecule has 2 aromatic heterocycles. The van der Waals surface area contributed by atoms with Crippen LogP contribution in [0.4, 0.5) is 0 Å². The molecule has 0 amide bonds. The molecule has 0 spiro atoms. The zero-order valence-electron chi connectivity index (χ0n) is 9.79. The zero-order chi connectivity index (χ0) is 12.5. The van der Waals surface area contributed by atoms with Crippen molar-refractivity contribution in [2.45, 2.75) is 18.9 Å². The lowest BCUT2D eigenvalue weighted by atomic mass is 10.0. The molecule has 0 aliphatic heterocycles. The maximum absolute atomic E-state index is 9.79. The van der Waals surface area contributed by atoms with Crippen LogP contribution >= 0.6 is 0 Å². The lowest BCUT2D eigenvalue weighted by Gasteiger charge is -2.17. The first-order chi connectivity index (χ1) is 8.00. The first kappa shape index (κ1) is 11.7. The van der Waals surface area contributed by atoms with Gasteiger partial charge in [-0.15, -0.1) is 0 Å². The van der Waals surface area contributed by atoms with Gasteiger partial charge in [0.15, 0.2) is 0 Å². The Balaban J connectivity index is 2.16. The van der Waals surface area contributed by atoms with Gasteiger partial charge in [-0.2, -0.15) is 10.1 Å². The van der Waals surface area contributed by atoms with E-state index >= 15 is 0 Å². The van der Waals surface area contributed by atoms with Crippen LogP contribution in [0.25, 0.3) is 11.5 Å². The largest absolute Gasteiger partial charge is 0.388 e. The highest BCUT2D eigenvalue weighted by molar-refractivity contribution is 5.46. The molecule has 0 saturated carbocycles. The molecule has 2 heterocycles. The third-order valence-corrected chi connectivity index (χ3v) is 2.38. The SMILES string of the molecule is Cn1ccc(-c2noc(CC(C)(O)CN)n2)n1. The highest BCUT2D eigenvalue weighted by atomic mass is 16.5. The van der Waals surface area contributed by atoms with Gasteiger partial charge in [0, 0.05) is 19.8 Å². The first-order valence-electron chi connectivity index (χ1n) is 5.25. The second kappa shape index (κ2) is 4.27. The van der Waals surface area contributed by atoms with Crippen molar-refractivity contribution in [3.8, 4) is 11.5 Å². The second-order valence-corrected chi connectivity index (χ2v) is 4.26. The quantitative estimate of drug-likeness (QED) is 0.758. The van der Waals surface area contributed by atoms with E-state index in [0.717, 1.165) is 0 Å². The summed E-state index contributed by atoms with van der Waals surface area (Å²) in [6.07, 6.45) is 2.02. The van der Waals surface area contributed by atoms with Crippen LogP contribution in [0.1, 0.15) is 12.8 Å². The van der Waals surface area contributed by atoms with Gasteiger partial charge in [0.25, 0.3) is 0 Å². The molecule has 2 aromatic rings. The fraction of sp³-hybridized carbons (Fsp3) is 0.500. The Morgan fingerprint density at radius 1 is 1.59 bits per heavy atom. The van der Waals surface area contributed by atoms with Gasteiger partial charge >= 0.3 is 0 Å². The van der Waals surface area contributed by atoms with Crippen LogP contribution in [0, 0.1) is 0 Å². The summed E-state index contributed by atoms with van der Waals surface area (Å²) in [5.41, 5.74) is 5.02. The minimum atomic E-state index is -1.03. The molecule has 0 bridgehead atoms. The van der Waals surface area contributed by atoms with E-state index in [1.54, 1.807) is 23.9 Å². The Morgan fingerprint density at radius 3 is 2.94 bits per heavy atom. The summed E-state index contributed by atoms with van der Waals surface area (Å²) in [6.45, 7) is 1.76. The number of aromatic nitrogens is 4. The monoisotopic (exact) mass is 237 g/mol. The number of rotatable bonds is 4. The van der Waals surface area contributed by atoms with Gasteiger partial charge in [-0.05, 0) is 13.0 Å². The molecule has 1 unspecified atom stereocenters. The van der Waals surface area contributed by atoms with Gasteiger partial charge in [0.1, 0.15) is 5.69 Å². The van der Waals surface area contributed by atoms with Crippen molar-refractivity contribution in [3.63, 3.8) is 0 Å². The van der Waals surface area contributed by atoms with Gasteiger partial charge in [-0.25, -0.2) is 0 Å². The van der Waals surface area contributed by atoms with Crippen LogP contribution < -0.4 is 5.73 Å². The molecule has 17 heavy (non-hydrogen) atoms. The minimum Gasteiger partial charge on any atom is -0.388 e. The molecule has 0 radical (unpaired) electrons.